The van der Waals surface area contributed by atoms with Gasteiger partial charge in [-0.1, -0.05) is 25.1 Å². The van der Waals surface area contributed by atoms with Crippen molar-refractivity contribution in [1.29, 1.82) is 5.26 Å². The normalized spacial score (nSPS) is 11.5. The molecule has 0 aliphatic heterocycles. The van der Waals surface area contributed by atoms with E-state index in [1.165, 1.54) is 18.2 Å². The second-order valence-electron chi connectivity index (χ2n) is 6.16. The van der Waals surface area contributed by atoms with Crippen molar-refractivity contribution in [3.63, 3.8) is 0 Å². The number of halogens is 3. The van der Waals surface area contributed by atoms with Crippen LogP contribution in [0.15, 0.2) is 48.0 Å². The zero-order valence-corrected chi connectivity index (χ0v) is 16.5. The Kier molecular flexibility index (Phi) is 7.87. The van der Waals surface area contributed by atoms with Gasteiger partial charge in [-0.15, -0.1) is 0 Å². The van der Waals surface area contributed by atoms with E-state index in [1.807, 2.05) is 13.8 Å². The first-order valence-electron chi connectivity index (χ1n) is 9.29. The second kappa shape index (κ2) is 10.3. The van der Waals surface area contributed by atoms with E-state index in [0.717, 1.165) is 18.6 Å². The highest BCUT2D eigenvalue weighted by Gasteiger charge is 2.30. The third-order valence-corrected chi connectivity index (χ3v) is 3.87. The maximum atomic E-state index is 12.9. The lowest BCUT2D eigenvalue weighted by Gasteiger charge is -2.14. The number of benzene rings is 2. The molecular formula is C22H21F3N2O3. The Bertz CT molecular complexity index is 963. The van der Waals surface area contributed by atoms with Crippen LogP contribution in [-0.2, 0) is 11.0 Å². The molecule has 1 N–H and O–H groups in total. The van der Waals surface area contributed by atoms with E-state index >= 15 is 0 Å². The number of rotatable bonds is 8. The number of hydrogen-bond donors (Lipinski definition) is 1. The van der Waals surface area contributed by atoms with Crippen LogP contribution in [0.4, 0.5) is 18.9 Å². The van der Waals surface area contributed by atoms with Crippen molar-refractivity contribution in [2.75, 3.05) is 18.5 Å². The van der Waals surface area contributed by atoms with Gasteiger partial charge in [-0.2, -0.15) is 18.4 Å². The van der Waals surface area contributed by atoms with E-state index in [2.05, 4.69) is 5.32 Å². The van der Waals surface area contributed by atoms with Crippen LogP contribution in [0.1, 0.15) is 31.4 Å². The fourth-order valence-corrected chi connectivity index (χ4v) is 2.55. The summed E-state index contributed by atoms with van der Waals surface area (Å²) >= 11 is 0. The first kappa shape index (κ1) is 22.8. The first-order valence-corrected chi connectivity index (χ1v) is 9.29. The number of ether oxygens (including phenoxy) is 2. The number of nitrogens with zero attached hydrogens (tertiary/aromatic N) is 1. The number of nitrogens with one attached hydrogen (secondary N) is 1. The Balaban J connectivity index is 2.34. The molecule has 2 aromatic carbocycles. The molecule has 8 heteroatoms. The number of nitriles is 1. The van der Waals surface area contributed by atoms with Gasteiger partial charge in [0, 0.05) is 11.3 Å². The van der Waals surface area contributed by atoms with E-state index in [9.17, 15) is 23.2 Å². The SMILES string of the molecule is CCCOc1c(/C=C(\C#N)C(=O)Nc2cccc(C(F)(F)F)c2)cccc1OCC. The highest BCUT2D eigenvalue weighted by Crippen LogP contribution is 2.34. The Morgan fingerprint density at radius 1 is 1.17 bits per heavy atom. The minimum atomic E-state index is -4.54. The maximum Gasteiger partial charge on any atom is 0.416 e. The summed E-state index contributed by atoms with van der Waals surface area (Å²) < 4.78 is 49.9. The highest BCUT2D eigenvalue weighted by atomic mass is 19.4. The van der Waals surface area contributed by atoms with Gasteiger partial charge < -0.3 is 14.8 Å². The van der Waals surface area contributed by atoms with Gasteiger partial charge in [-0.3, -0.25) is 4.79 Å². The van der Waals surface area contributed by atoms with E-state index in [4.69, 9.17) is 9.47 Å². The Labute approximate surface area is 172 Å². The largest absolute Gasteiger partial charge is 0.490 e. The topological polar surface area (TPSA) is 71.3 Å². The summed E-state index contributed by atoms with van der Waals surface area (Å²) in [6.07, 6.45) is -2.49. The third-order valence-electron chi connectivity index (χ3n) is 3.87. The van der Waals surface area contributed by atoms with Crippen molar-refractivity contribution in [2.45, 2.75) is 26.4 Å². The van der Waals surface area contributed by atoms with Crippen LogP contribution in [0.5, 0.6) is 11.5 Å². The monoisotopic (exact) mass is 418 g/mol. The summed E-state index contributed by atoms with van der Waals surface area (Å²) in [7, 11) is 0. The number of carbonyl (C=O) groups excluding carboxylic acids is 1. The van der Waals surface area contributed by atoms with Crippen LogP contribution in [-0.4, -0.2) is 19.1 Å². The van der Waals surface area contributed by atoms with Gasteiger partial charge >= 0.3 is 6.18 Å². The van der Waals surface area contributed by atoms with E-state index < -0.39 is 17.6 Å². The van der Waals surface area contributed by atoms with Crippen LogP contribution < -0.4 is 14.8 Å². The van der Waals surface area contributed by atoms with Crippen molar-refractivity contribution in [2.24, 2.45) is 0 Å². The fourth-order valence-electron chi connectivity index (χ4n) is 2.55. The Morgan fingerprint density at radius 2 is 1.90 bits per heavy atom. The highest BCUT2D eigenvalue weighted by molar-refractivity contribution is 6.09. The molecule has 30 heavy (non-hydrogen) atoms. The molecule has 0 fully saturated rings. The van der Waals surface area contributed by atoms with Crippen molar-refractivity contribution >= 4 is 17.7 Å². The molecule has 0 bridgehead atoms. The molecule has 0 radical (unpaired) electrons. The number of alkyl halides is 3. The number of hydrogen-bond acceptors (Lipinski definition) is 4. The molecule has 2 rings (SSSR count). The van der Waals surface area contributed by atoms with Crippen LogP contribution in [0, 0.1) is 11.3 Å². The molecule has 158 valence electrons. The summed E-state index contributed by atoms with van der Waals surface area (Å²) in [5, 5.41) is 11.8. The quantitative estimate of drug-likeness (QED) is 0.458. The summed E-state index contributed by atoms with van der Waals surface area (Å²) in [6, 6.07) is 11.0. The van der Waals surface area contributed by atoms with Gasteiger partial charge in [-0.05, 0) is 43.7 Å². The van der Waals surface area contributed by atoms with Gasteiger partial charge in [-0.25, -0.2) is 0 Å². The molecule has 0 aliphatic rings. The average Bonchev–Trinajstić information content (AvgIpc) is 2.71. The third kappa shape index (κ3) is 6.01. The molecule has 0 spiro atoms. The van der Waals surface area contributed by atoms with Crippen LogP contribution in [0.3, 0.4) is 0 Å². The molecule has 2 aromatic rings. The fraction of sp³-hybridized carbons (Fsp3) is 0.273. The Morgan fingerprint density at radius 3 is 2.53 bits per heavy atom. The molecular weight excluding hydrogens is 397 g/mol. The lowest BCUT2D eigenvalue weighted by atomic mass is 10.1. The minimum absolute atomic E-state index is 0.0681. The van der Waals surface area contributed by atoms with Crippen molar-refractivity contribution < 1.29 is 27.4 Å². The molecule has 0 atom stereocenters. The molecule has 0 unspecified atom stereocenters. The molecule has 5 nitrogen and oxygen atoms in total. The molecule has 0 heterocycles. The number of para-hydroxylation sites is 1. The minimum Gasteiger partial charge on any atom is -0.490 e. The van der Waals surface area contributed by atoms with E-state index in [1.54, 1.807) is 24.3 Å². The first-order chi connectivity index (χ1) is 14.3. The zero-order valence-electron chi connectivity index (χ0n) is 16.5. The zero-order chi connectivity index (χ0) is 22.1. The molecule has 1 amide bonds. The summed E-state index contributed by atoms with van der Waals surface area (Å²) in [6.45, 7) is 4.55. The van der Waals surface area contributed by atoms with Crippen molar-refractivity contribution in [1.82, 2.24) is 0 Å². The predicted octanol–water partition coefficient (Wildman–Crippen LogP) is 5.44. The lowest BCUT2D eigenvalue weighted by Crippen LogP contribution is -2.14. The van der Waals surface area contributed by atoms with Crippen LogP contribution in [0.2, 0.25) is 0 Å². The second-order valence-corrected chi connectivity index (χ2v) is 6.16. The number of carbonyl (C=O) groups is 1. The van der Waals surface area contributed by atoms with E-state index in [0.29, 0.717) is 30.3 Å². The molecule has 0 aromatic heterocycles. The van der Waals surface area contributed by atoms with Gasteiger partial charge in [0.1, 0.15) is 11.6 Å². The summed E-state index contributed by atoms with van der Waals surface area (Å²) in [4.78, 5) is 12.5. The maximum absolute atomic E-state index is 12.9. The molecule has 0 saturated heterocycles. The van der Waals surface area contributed by atoms with Crippen molar-refractivity contribution in [3.8, 4) is 17.6 Å². The molecule has 0 saturated carbocycles. The predicted molar refractivity (Wildman–Crippen MR) is 107 cm³/mol. The summed E-state index contributed by atoms with van der Waals surface area (Å²) in [5.41, 5.74) is -0.809. The summed E-state index contributed by atoms with van der Waals surface area (Å²) in [5.74, 6) is 0.0242. The standard InChI is InChI=1S/C22H21F3N2O3/c1-3-11-30-20-15(7-5-10-19(20)29-4-2)12-16(14-26)21(28)27-18-9-6-8-17(13-18)22(23,24)25/h5-10,12-13H,3-4,11H2,1-2H3,(H,27,28)/b16-12+. The van der Waals surface area contributed by atoms with Crippen LogP contribution in [0.25, 0.3) is 6.08 Å². The van der Waals surface area contributed by atoms with Gasteiger partial charge in [0.2, 0.25) is 0 Å². The number of anilines is 1. The lowest BCUT2D eigenvalue weighted by molar-refractivity contribution is -0.137. The van der Waals surface area contributed by atoms with E-state index in [-0.39, 0.29) is 11.3 Å². The van der Waals surface area contributed by atoms with Gasteiger partial charge in [0.25, 0.3) is 5.91 Å². The van der Waals surface area contributed by atoms with Crippen LogP contribution >= 0.6 is 0 Å². The Hall–Kier alpha value is -3.47. The number of amides is 1. The average molecular weight is 418 g/mol. The van der Waals surface area contributed by atoms with Gasteiger partial charge in [0.05, 0.1) is 18.8 Å². The van der Waals surface area contributed by atoms with Gasteiger partial charge in [0.15, 0.2) is 11.5 Å². The molecule has 0 aliphatic carbocycles. The smallest absolute Gasteiger partial charge is 0.416 e. The van der Waals surface area contributed by atoms with Crippen molar-refractivity contribution in [3.05, 3.63) is 59.2 Å².